The molecule has 0 aliphatic carbocycles. The quantitative estimate of drug-likeness (QED) is 0.875. The van der Waals surface area contributed by atoms with Gasteiger partial charge in [-0.05, 0) is 38.1 Å². The van der Waals surface area contributed by atoms with Crippen molar-refractivity contribution in [3.05, 3.63) is 23.8 Å². The molecule has 118 valence electrons. The van der Waals surface area contributed by atoms with E-state index < -0.39 is 6.10 Å². The number of fused-ring (bicyclic) bond motifs is 1. The van der Waals surface area contributed by atoms with Gasteiger partial charge in [0, 0.05) is 19.0 Å². The van der Waals surface area contributed by atoms with Crippen LogP contribution in [0.5, 0.6) is 11.5 Å². The average molecular weight is 293 g/mol. The second-order valence-electron chi connectivity index (χ2n) is 5.85. The van der Waals surface area contributed by atoms with Gasteiger partial charge in [0.05, 0.1) is 19.3 Å². The number of aliphatic hydroxyl groups excluding tert-OH is 1. The van der Waals surface area contributed by atoms with Gasteiger partial charge >= 0.3 is 0 Å². The predicted octanol–water partition coefficient (Wildman–Crippen LogP) is 3.00. The third kappa shape index (κ3) is 4.35. The Balaban J connectivity index is 2.02. The summed E-state index contributed by atoms with van der Waals surface area (Å²) in [5, 5.41) is 10.4. The summed E-state index contributed by atoms with van der Waals surface area (Å²) in [6.07, 6.45) is 2.69. The van der Waals surface area contributed by atoms with Gasteiger partial charge in [-0.25, -0.2) is 0 Å². The highest BCUT2D eigenvalue weighted by Crippen LogP contribution is 2.32. The Hall–Kier alpha value is -1.26. The minimum atomic E-state index is -0.508. The SMILES string of the molecule is CCCC(C)N(C)CC(O)c1ccc2c(c1)OCCCO2. The lowest BCUT2D eigenvalue weighted by atomic mass is 10.1. The van der Waals surface area contributed by atoms with Crippen molar-refractivity contribution in [3.8, 4) is 11.5 Å². The number of hydrogen-bond donors (Lipinski definition) is 1. The summed E-state index contributed by atoms with van der Waals surface area (Å²) in [6, 6.07) is 6.21. The van der Waals surface area contributed by atoms with Crippen molar-refractivity contribution in [2.75, 3.05) is 26.8 Å². The zero-order chi connectivity index (χ0) is 15.2. The van der Waals surface area contributed by atoms with Gasteiger partial charge in [-0.2, -0.15) is 0 Å². The van der Waals surface area contributed by atoms with Gasteiger partial charge in [0.25, 0.3) is 0 Å². The second kappa shape index (κ2) is 7.66. The molecule has 0 saturated carbocycles. The predicted molar refractivity (Wildman–Crippen MR) is 84.0 cm³/mol. The summed E-state index contributed by atoms with van der Waals surface area (Å²) in [7, 11) is 2.06. The number of aliphatic hydroxyl groups is 1. The third-order valence-electron chi connectivity index (χ3n) is 4.08. The molecule has 0 amide bonds. The molecule has 1 N–H and O–H groups in total. The Morgan fingerprint density at radius 2 is 1.95 bits per heavy atom. The number of likely N-dealkylation sites (N-methyl/N-ethyl adjacent to an activating group) is 1. The molecule has 1 aliphatic rings. The Labute approximate surface area is 127 Å². The summed E-state index contributed by atoms with van der Waals surface area (Å²) >= 11 is 0. The average Bonchev–Trinajstić information content (AvgIpc) is 2.71. The smallest absolute Gasteiger partial charge is 0.161 e. The molecule has 2 rings (SSSR count). The lowest BCUT2D eigenvalue weighted by Crippen LogP contribution is -2.32. The molecule has 0 radical (unpaired) electrons. The highest BCUT2D eigenvalue weighted by atomic mass is 16.5. The minimum Gasteiger partial charge on any atom is -0.490 e. The summed E-state index contributed by atoms with van der Waals surface area (Å²) in [5.74, 6) is 1.52. The largest absolute Gasteiger partial charge is 0.490 e. The molecule has 2 unspecified atom stereocenters. The fourth-order valence-electron chi connectivity index (χ4n) is 2.58. The van der Waals surface area contributed by atoms with Crippen LogP contribution in [0.1, 0.15) is 44.8 Å². The van der Waals surface area contributed by atoms with E-state index >= 15 is 0 Å². The molecule has 21 heavy (non-hydrogen) atoms. The Bertz CT molecular complexity index is 450. The molecule has 0 spiro atoms. The van der Waals surface area contributed by atoms with Gasteiger partial charge < -0.3 is 19.5 Å². The lowest BCUT2D eigenvalue weighted by molar-refractivity contribution is 0.105. The molecular weight excluding hydrogens is 266 g/mol. The highest BCUT2D eigenvalue weighted by Gasteiger charge is 2.17. The van der Waals surface area contributed by atoms with Gasteiger partial charge in [0.1, 0.15) is 0 Å². The fraction of sp³-hybridized carbons (Fsp3) is 0.647. The van der Waals surface area contributed by atoms with Crippen LogP contribution < -0.4 is 9.47 Å². The molecule has 0 bridgehead atoms. The van der Waals surface area contributed by atoms with Gasteiger partial charge in [-0.1, -0.05) is 19.4 Å². The molecule has 1 aromatic carbocycles. The maximum atomic E-state index is 10.4. The number of rotatable bonds is 6. The summed E-state index contributed by atoms with van der Waals surface area (Å²) in [6.45, 7) is 6.36. The molecule has 0 fully saturated rings. The summed E-state index contributed by atoms with van der Waals surface area (Å²) in [4.78, 5) is 2.21. The maximum Gasteiger partial charge on any atom is 0.161 e. The van der Waals surface area contributed by atoms with Crippen molar-refractivity contribution in [1.29, 1.82) is 0 Å². The third-order valence-corrected chi connectivity index (χ3v) is 4.08. The van der Waals surface area contributed by atoms with Crippen LogP contribution in [-0.4, -0.2) is 42.9 Å². The minimum absolute atomic E-state index is 0.477. The lowest BCUT2D eigenvalue weighted by Gasteiger charge is -2.27. The van der Waals surface area contributed by atoms with E-state index in [2.05, 4.69) is 25.8 Å². The van der Waals surface area contributed by atoms with E-state index in [1.807, 2.05) is 18.2 Å². The maximum absolute atomic E-state index is 10.4. The standard InChI is InChI=1S/C17H27NO3/c1-4-6-13(2)18(3)12-15(19)14-7-8-16-17(11-14)21-10-5-9-20-16/h7-8,11,13,15,19H,4-6,9-10,12H2,1-3H3. The van der Waals surface area contributed by atoms with Gasteiger partial charge in [-0.3, -0.25) is 0 Å². The van der Waals surface area contributed by atoms with Crippen LogP contribution in [0.15, 0.2) is 18.2 Å². The molecule has 4 heteroatoms. The van der Waals surface area contributed by atoms with Crippen molar-refractivity contribution in [2.24, 2.45) is 0 Å². The van der Waals surface area contributed by atoms with Crippen molar-refractivity contribution in [1.82, 2.24) is 4.90 Å². The van der Waals surface area contributed by atoms with Crippen molar-refractivity contribution in [2.45, 2.75) is 45.3 Å². The normalized spacial score (nSPS) is 17.4. The van der Waals surface area contributed by atoms with Gasteiger partial charge in [-0.15, -0.1) is 0 Å². The van der Waals surface area contributed by atoms with Crippen LogP contribution >= 0.6 is 0 Å². The number of ether oxygens (including phenoxy) is 2. The van der Waals surface area contributed by atoms with Gasteiger partial charge in [0.2, 0.25) is 0 Å². The first kappa shape index (κ1) is 16.1. The van der Waals surface area contributed by atoms with Crippen LogP contribution in [0.3, 0.4) is 0 Å². The van der Waals surface area contributed by atoms with E-state index in [0.29, 0.717) is 25.8 Å². The topological polar surface area (TPSA) is 41.9 Å². The molecule has 0 aromatic heterocycles. The van der Waals surface area contributed by atoms with Crippen molar-refractivity contribution in [3.63, 3.8) is 0 Å². The van der Waals surface area contributed by atoms with Crippen molar-refractivity contribution >= 4 is 0 Å². The molecule has 2 atom stereocenters. The first-order valence-electron chi connectivity index (χ1n) is 7.89. The molecule has 1 aromatic rings. The van der Waals surface area contributed by atoms with Crippen LogP contribution in [0.25, 0.3) is 0 Å². The monoisotopic (exact) mass is 293 g/mol. The van der Waals surface area contributed by atoms with E-state index in [0.717, 1.165) is 36.3 Å². The Morgan fingerprint density at radius 1 is 1.24 bits per heavy atom. The molecular formula is C17H27NO3. The highest BCUT2D eigenvalue weighted by molar-refractivity contribution is 5.44. The van der Waals surface area contributed by atoms with Crippen LogP contribution in [0.2, 0.25) is 0 Å². The summed E-state index contributed by atoms with van der Waals surface area (Å²) in [5.41, 5.74) is 0.884. The van der Waals surface area contributed by atoms with E-state index in [1.165, 1.54) is 0 Å². The Kier molecular flexibility index (Phi) is 5.88. The summed E-state index contributed by atoms with van der Waals surface area (Å²) < 4.78 is 11.3. The number of benzene rings is 1. The molecule has 1 heterocycles. The number of nitrogens with zero attached hydrogens (tertiary/aromatic N) is 1. The first-order valence-corrected chi connectivity index (χ1v) is 7.89. The van der Waals surface area contributed by atoms with Crippen molar-refractivity contribution < 1.29 is 14.6 Å². The van der Waals surface area contributed by atoms with Crippen LogP contribution in [0, 0.1) is 0 Å². The van der Waals surface area contributed by atoms with E-state index in [4.69, 9.17) is 9.47 Å². The van der Waals surface area contributed by atoms with Crippen LogP contribution in [-0.2, 0) is 0 Å². The molecule has 4 nitrogen and oxygen atoms in total. The van der Waals surface area contributed by atoms with Gasteiger partial charge in [0.15, 0.2) is 11.5 Å². The number of hydrogen-bond acceptors (Lipinski definition) is 4. The van der Waals surface area contributed by atoms with Crippen LogP contribution in [0.4, 0.5) is 0 Å². The first-order chi connectivity index (χ1) is 10.1. The van der Waals surface area contributed by atoms with E-state index in [9.17, 15) is 5.11 Å². The fourth-order valence-corrected chi connectivity index (χ4v) is 2.58. The van der Waals surface area contributed by atoms with E-state index in [1.54, 1.807) is 0 Å². The molecule has 0 saturated heterocycles. The Morgan fingerprint density at radius 3 is 2.67 bits per heavy atom. The molecule has 1 aliphatic heterocycles. The van der Waals surface area contributed by atoms with E-state index in [-0.39, 0.29) is 0 Å². The zero-order valence-electron chi connectivity index (χ0n) is 13.3. The zero-order valence-corrected chi connectivity index (χ0v) is 13.3. The second-order valence-corrected chi connectivity index (χ2v) is 5.85.